The van der Waals surface area contributed by atoms with Gasteiger partial charge >= 0.3 is 0 Å². The summed E-state index contributed by atoms with van der Waals surface area (Å²) in [6.45, 7) is -0.355. The number of methoxy groups -OCH3 is 2. The quantitative estimate of drug-likeness (QED) is 0.642. The number of nitrogens with one attached hydrogen (secondary N) is 1. The topological polar surface area (TPSA) is 84.9 Å². The lowest BCUT2D eigenvalue weighted by Crippen LogP contribution is -2.35. The van der Waals surface area contributed by atoms with Crippen LogP contribution in [-0.2, 0) is 14.8 Å². The number of amides is 1. The van der Waals surface area contributed by atoms with E-state index in [-0.39, 0.29) is 17.2 Å². The molecule has 0 aliphatic carbocycles. The molecular weight excluding hydrogens is 392 g/mol. The Labute approximate surface area is 169 Å². The number of likely N-dealkylation sites (N-methyl/N-ethyl adjacent to an activating group) is 1. The highest BCUT2D eigenvalue weighted by molar-refractivity contribution is 7.89. The third-order valence-electron chi connectivity index (χ3n) is 4.49. The van der Waals surface area contributed by atoms with Gasteiger partial charge in [-0.3, -0.25) is 4.79 Å². The van der Waals surface area contributed by atoms with Gasteiger partial charge in [-0.05, 0) is 23.6 Å². The fourth-order valence-electron chi connectivity index (χ4n) is 2.96. The van der Waals surface area contributed by atoms with Gasteiger partial charge in [-0.2, -0.15) is 4.31 Å². The minimum absolute atomic E-state index is 0.0696. The number of fused-ring (bicyclic) bond motifs is 1. The predicted molar refractivity (Wildman–Crippen MR) is 112 cm³/mol. The average Bonchev–Trinajstić information content (AvgIpc) is 2.73. The van der Waals surface area contributed by atoms with E-state index in [1.165, 1.54) is 33.4 Å². The minimum Gasteiger partial charge on any atom is -0.497 e. The van der Waals surface area contributed by atoms with Crippen molar-refractivity contribution in [2.75, 3.05) is 33.1 Å². The molecule has 0 aliphatic heterocycles. The second-order valence-corrected chi connectivity index (χ2v) is 8.37. The third kappa shape index (κ3) is 4.33. The Bertz CT molecular complexity index is 1140. The van der Waals surface area contributed by atoms with Crippen LogP contribution < -0.4 is 14.8 Å². The van der Waals surface area contributed by atoms with Crippen molar-refractivity contribution in [1.82, 2.24) is 4.31 Å². The van der Waals surface area contributed by atoms with Gasteiger partial charge in [0.15, 0.2) is 0 Å². The van der Waals surface area contributed by atoms with Crippen LogP contribution in [0, 0.1) is 0 Å². The van der Waals surface area contributed by atoms with Crippen molar-refractivity contribution in [1.29, 1.82) is 0 Å². The maximum Gasteiger partial charge on any atom is 0.247 e. The lowest BCUT2D eigenvalue weighted by Gasteiger charge is -2.19. The number of anilines is 1. The Morgan fingerprint density at radius 3 is 2.45 bits per heavy atom. The Morgan fingerprint density at radius 2 is 1.72 bits per heavy atom. The number of carbonyl (C=O) groups excluding carboxylic acids is 1. The van der Waals surface area contributed by atoms with Gasteiger partial charge in [-0.1, -0.05) is 36.4 Å². The third-order valence-corrected chi connectivity index (χ3v) is 6.31. The van der Waals surface area contributed by atoms with E-state index >= 15 is 0 Å². The molecular formula is C21H22N2O5S. The van der Waals surface area contributed by atoms with Crippen LogP contribution in [0.3, 0.4) is 0 Å². The van der Waals surface area contributed by atoms with E-state index in [1.807, 2.05) is 36.4 Å². The van der Waals surface area contributed by atoms with Crippen molar-refractivity contribution >= 4 is 32.4 Å². The van der Waals surface area contributed by atoms with Crippen LogP contribution in [0.1, 0.15) is 0 Å². The molecule has 0 unspecified atom stereocenters. The summed E-state index contributed by atoms with van der Waals surface area (Å²) in [5.74, 6) is 0.0967. The van der Waals surface area contributed by atoms with Crippen LogP contribution in [0.5, 0.6) is 11.5 Å². The lowest BCUT2D eigenvalue weighted by atomic mass is 10.1. The van der Waals surface area contributed by atoms with Crippen LogP contribution in [0.25, 0.3) is 10.8 Å². The molecule has 3 aromatic rings. The van der Waals surface area contributed by atoms with Gasteiger partial charge in [0.2, 0.25) is 15.9 Å². The number of hydrogen-bond acceptors (Lipinski definition) is 5. The molecule has 1 N–H and O–H groups in total. The summed E-state index contributed by atoms with van der Waals surface area (Å²) in [6, 6.07) is 17.7. The molecule has 0 saturated heterocycles. The zero-order chi connectivity index (χ0) is 21.0. The van der Waals surface area contributed by atoms with E-state index in [1.54, 1.807) is 12.1 Å². The van der Waals surface area contributed by atoms with Crippen molar-refractivity contribution in [2.45, 2.75) is 4.90 Å². The Kier molecular flexibility index (Phi) is 6.05. The fourth-order valence-corrected chi connectivity index (χ4v) is 4.26. The lowest BCUT2D eigenvalue weighted by molar-refractivity contribution is -0.116. The number of nitrogens with zero attached hydrogens (tertiary/aromatic N) is 1. The van der Waals surface area contributed by atoms with E-state index in [0.29, 0.717) is 11.4 Å². The van der Waals surface area contributed by atoms with Gasteiger partial charge in [0.1, 0.15) is 16.4 Å². The first kappa shape index (κ1) is 20.6. The van der Waals surface area contributed by atoms with Gasteiger partial charge in [-0.25, -0.2) is 8.42 Å². The predicted octanol–water partition coefficient (Wildman–Crippen LogP) is 3.12. The highest BCUT2D eigenvalue weighted by Crippen LogP contribution is 2.30. The minimum atomic E-state index is -3.98. The first-order chi connectivity index (χ1) is 13.9. The average molecular weight is 414 g/mol. The van der Waals surface area contributed by atoms with Gasteiger partial charge in [-0.15, -0.1) is 0 Å². The first-order valence-corrected chi connectivity index (χ1v) is 10.3. The largest absolute Gasteiger partial charge is 0.497 e. The number of rotatable bonds is 7. The molecule has 0 atom stereocenters. The maximum atomic E-state index is 13.0. The van der Waals surface area contributed by atoms with E-state index in [4.69, 9.17) is 9.47 Å². The molecule has 0 radical (unpaired) electrons. The van der Waals surface area contributed by atoms with Gasteiger partial charge < -0.3 is 14.8 Å². The van der Waals surface area contributed by atoms with Gasteiger partial charge in [0.05, 0.1) is 20.8 Å². The standard InChI is InChI=1S/C21H22N2O5S/c1-23(29(25,26)20-13-16(27-2)11-12-19(20)28-3)14-21(24)22-18-10-6-8-15-7-4-5-9-17(15)18/h4-13H,14H2,1-3H3,(H,22,24). The molecule has 0 heterocycles. The summed E-state index contributed by atoms with van der Waals surface area (Å²) < 4.78 is 37.2. The molecule has 0 spiro atoms. The number of benzene rings is 3. The highest BCUT2D eigenvalue weighted by atomic mass is 32.2. The summed E-state index contributed by atoms with van der Waals surface area (Å²) in [7, 11) is 0.194. The molecule has 7 nitrogen and oxygen atoms in total. The number of carbonyl (C=O) groups is 1. The Morgan fingerprint density at radius 1 is 1.00 bits per heavy atom. The monoisotopic (exact) mass is 414 g/mol. The van der Waals surface area contributed by atoms with Crippen LogP contribution in [0.15, 0.2) is 65.6 Å². The molecule has 0 bridgehead atoms. The number of ether oxygens (including phenoxy) is 2. The Balaban J connectivity index is 1.82. The van der Waals surface area contributed by atoms with E-state index in [2.05, 4.69) is 5.32 Å². The molecule has 0 saturated carbocycles. The summed E-state index contributed by atoms with van der Waals surface area (Å²) in [6.07, 6.45) is 0. The number of hydrogen-bond donors (Lipinski definition) is 1. The van der Waals surface area contributed by atoms with Crippen LogP contribution in [-0.4, -0.2) is 46.4 Å². The second kappa shape index (κ2) is 8.50. The second-order valence-electron chi connectivity index (χ2n) is 6.35. The molecule has 3 rings (SSSR count). The molecule has 1 amide bonds. The van der Waals surface area contributed by atoms with Crippen LogP contribution in [0.4, 0.5) is 5.69 Å². The van der Waals surface area contributed by atoms with Gasteiger partial charge in [0, 0.05) is 24.2 Å². The van der Waals surface area contributed by atoms with Crippen molar-refractivity contribution in [3.8, 4) is 11.5 Å². The van der Waals surface area contributed by atoms with Crippen molar-refractivity contribution in [2.24, 2.45) is 0 Å². The molecule has 29 heavy (non-hydrogen) atoms. The SMILES string of the molecule is COc1ccc(OC)c(S(=O)(=O)N(C)CC(=O)Nc2cccc3ccccc23)c1. The summed E-state index contributed by atoms with van der Waals surface area (Å²) in [5, 5.41) is 4.65. The van der Waals surface area contributed by atoms with Crippen LogP contribution >= 0.6 is 0 Å². The summed E-state index contributed by atoms with van der Waals surface area (Å²) in [5.41, 5.74) is 0.623. The molecule has 3 aromatic carbocycles. The van der Waals surface area contributed by atoms with Crippen molar-refractivity contribution in [3.05, 3.63) is 60.7 Å². The van der Waals surface area contributed by atoms with E-state index in [9.17, 15) is 13.2 Å². The Hall–Kier alpha value is -3.10. The molecule has 0 aromatic heterocycles. The summed E-state index contributed by atoms with van der Waals surface area (Å²) >= 11 is 0. The fraction of sp³-hybridized carbons (Fsp3) is 0.190. The highest BCUT2D eigenvalue weighted by Gasteiger charge is 2.27. The molecule has 8 heteroatoms. The zero-order valence-corrected chi connectivity index (χ0v) is 17.2. The summed E-state index contributed by atoms with van der Waals surface area (Å²) in [4.78, 5) is 12.5. The number of sulfonamides is 1. The van der Waals surface area contributed by atoms with E-state index < -0.39 is 15.9 Å². The molecule has 152 valence electrons. The zero-order valence-electron chi connectivity index (χ0n) is 16.4. The van der Waals surface area contributed by atoms with Crippen LogP contribution in [0.2, 0.25) is 0 Å². The maximum absolute atomic E-state index is 13.0. The van der Waals surface area contributed by atoms with Gasteiger partial charge in [0.25, 0.3) is 0 Å². The van der Waals surface area contributed by atoms with Crippen molar-refractivity contribution in [3.63, 3.8) is 0 Å². The van der Waals surface area contributed by atoms with Crippen molar-refractivity contribution < 1.29 is 22.7 Å². The normalized spacial score (nSPS) is 11.4. The van der Waals surface area contributed by atoms with E-state index in [0.717, 1.165) is 15.1 Å². The molecule has 0 aliphatic rings. The molecule has 0 fully saturated rings. The first-order valence-electron chi connectivity index (χ1n) is 8.83. The smallest absolute Gasteiger partial charge is 0.247 e.